The van der Waals surface area contributed by atoms with Crippen LogP contribution in [0.25, 0.3) is 22.3 Å². The summed E-state index contributed by atoms with van der Waals surface area (Å²) >= 11 is 0. The van der Waals surface area contributed by atoms with Crippen LogP contribution in [0.15, 0.2) is 35.1 Å². The van der Waals surface area contributed by atoms with Crippen LogP contribution in [0.4, 0.5) is 19.7 Å². The minimum absolute atomic E-state index is 0.00891. The maximum Gasteiger partial charge on any atom is 0.407 e. The highest BCUT2D eigenvalue weighted by molar-refractivity contribution is 6.02. The van der Waals surface area contributed by atoms with Gasteiger partial charge in [-0.05, 0) is 93.2 Å². The van der Waals surface area contributed by atoms with E-state index in [1.807, 2.05) is 0 Å². The number of ketones is 1. The van der Waals surface area contributed by atoms with E-state index in [1.54, 1.807) is 27.7 Å². The number of carboxylic acid groups (broad SMARTS) is 1. The van der Waals surface area contributed by atoms with E-state index in [0.29, 0.717) is 39.8 Å². The molecule has 0 fully saturated rings. The molecular formula is C58H72FN11O16. The molecule has 0 unspecified atom stereocenters. The molecule has 0 bridgehead atoms. The number of urea groups is 1. The zero-order valence-corrected chi connectivity index (χ0v) is 48.3. The van der Waals surface area contributed by atoms with Crippen molar-refractivity contribution in [2.24, 2.45) is 17.4 Å². The number of hydrogen-bond acceptors (Lipinski definition) is 17. The summed E-state index contributed by atoms with van der Waals surface area (Å²) in [6.07, 6.45) is -1.36. The molecule has 2 aromatic heterocycles. The lowest BCUT2D eigenvalue weighted by Crippen LogP contribution is -2.58. The van der Waals surface area contributed by atoms with Gasteiger partial charge in [-0.1, -0.05) is 26.8 Å². The van der Waals surface area contributed by atoms with E-state index >= 15 is 4.39 Å². The SMILES string of the molecule is CC[C@@]1(O)C(=O)OCc2c1cc1n(c2=O)Cc2c-1nc1cc(F)c(C)c3c1c2[C@@H](NC(=O)OCc1ccc(NC(=O)[C@H](CCCNC(N)=O)NC(=O)[C@@H](NC(=O)[C@H](CCC(=O)O)NC(=O)CCOCCC(C)=O)C(C)C)cc1C(=O)NCCN)CC3. The number of Topliss-reactive ketones (excluding diaryl/α,β-unsaturated/α-hetero) is 1. The van der Waals surface area contributed by atoms with Gasteiger partial charge < -0.3 is 77.7 Å². The first-order valence-electron chi connectivity index (χ1n) is 28.3. The van der Waals surface area contributed by atoms with Gasteiger partial charge in [0.25, 0.3) is 11.5 Å². The molecule has 8 amide bonds. The number of aryl methyl sites for hydroxylation is 1. The second kappa shape index (κ2) is 28.3. The summed E-state index contributed by atoms with van der Waals surface area (Å²) in [5.74, 6) is -7.27. The molecule has 7 rings (SSSR count). The van der Waals surface area contributed by atoms with E-state index in [2.05, 4.69) is 37.2 Å². The Morgan fingerprint density at radius 3 is 2.33 bits per heavy atom. The molecule has 1 aliphatic carbocycles. The van der Waals surface area contributed by atoms with Gasteiger partial charge in [-0.2, -0.15) is 0 Å². The number of carbonyl (C=O) groups excluding carboxylic acids is 9. The van der Waals surface area contributed by atoms with Crippen LogP contribution in [-0.2, 0) is 79.6 Å². The summed E-state index contributed by atoms with van der Waals surface area (Å²) in [6, 6.07) is 1.25. The van der Waals surface area contributed by atoms with Crippen molar-refractivity contribution in [2.45, 2.75) is 142 Å². The number of cyclic esters (lactones) is 1. The van der Waals surface area contributed by atoms with Crippen LogP contribution in [0.3, 0.4) is 0 Å². The molecule has 0 radical (unpaired) electrons. The number of amides is 8. The minimum atomic E-state index is -2.10. The Bertz CT molecular complexity index is 3420. The molecule has 0 saturated carbocycles. The number of hydrogen-bond donors (Lipinski definition) is 11. The van der Waals surface area contributed by atoms with Crippen LogP contribution < -0.4 is 54.2 Å². The first-order chi connectivity index (χ1) is 40.9. The number of carboxylic acids is 1. The van der Waals surface area contributed by atoms with E-state index in [0.717, 1.165) is 0 Å². The maximum absolute atomic E-state index is 15.6. The smallest absolute Gasteiger partial charge is 0.407 e. The van der Waals surface area contributed by atoms with E-state index in [4.69, 9.17) is 30.7 Å². The number of anilines is 1. The van der Waals surface area contributed by atoms with E-state index in [-0.39, 0.29) is 136 Å². The Kier molecular flexibility index (Phi) is 21.3. The summed E-state index contributed by atoms with van der Waals surface area (Å²) in [5, 5.41) is 39.8. The molecule has 2 aliphatic heterocycles. The number of rotatable bonds is 28. The van der Waals surface area contributed by atoms with Gasteiger partial charge in [-0.25, -0.2) is 23.8 Å². The topological polar surface area (TPSA) is 410 Å². The number of halogens is 1. The van der Waals surface area contributed by atoms with Crippen LogP contribution in [0.1, 0.15) is 134 Å². The second-order valence-electron chi connectivity index (χ2n) is 21.6. The van der Waals surface area contributed by atoms with Crippen LogP contribution >= 0.6 is 0 Å². The molecule has 86 heavy (non-hydrogen) atoms. The van der Waals surface area contributed by atoms with Gasteiger partial charge in [-0.15, -0.1) is 0 Å². The second-order valence-corrected chi connectivity index (χ2v) is 21.6. The number of nitrogens with zero attached hydrogens (tertiary/aromatic N) is 2. The zero-order chi connectivity index (χ0) is 62.7. The number of nitrogens with one attached hydrogen (secondary N) is 7. The van der Waals surface area contributed by atoms with Gasteiger partial charge >= 0.3 is 24.1 Å². The summed E-state index contributed by atoms with van der Waals surface area (Å²) in [6.45, 7) is 7.01. The number of aromatic nitrogens is 2. The van der Waals surface area contributed by atoms with Crippen molar-refractivity contribution < 1.29 is 76.8 Å². The number of aliphatic hydroxyl groups is 1. The van der Waals surface area contributed by atoms with Crippen molar-refractivity contribution in [1.82, 2.24) is 41.5 Å². The monoisotopic (exact) mass is 1200 g/mol. The van der Waals surface area contributed by atoms with Crippen molar-refractivity contribution in [3.63, 3.8) is 0 Å². The highest BCUT2D eigenvalue weighted by atomic mass is 19.1. The van der Waals surface area contributed by atoms with Crippen molar-refractivity contribution in [3.05, 3.63) is 91.0 Å². The molecule has 0 saturated heterocycles. The molecule has 27 nitrogen and oxygen atoms in total. The van der Waals surface area contributed by atoms with E-state index in [1.165, 1.54) is 41.8 Å². The molecule has 4 aromatic rings. The Hall–Kier alpha value is -8.89. The Labute approximate surface area is 492 Å². The van der Waals surface area contributed by atoms with Crippen molar-refractivity contribution in [2.75, 3.05) is 38.2 Å². The summed E-state index contributed by atoms with van der Waals surface area (Å²) in [4.78, 5) is 149. The average Bonchev–Trinajstić information content (AvgIpc) is 1.48. The molecule has 5 atom stereocenters. The third-order valence-corrected chi connectivity index (χ3v) is 15.3. The molecule has 0 spiro atoms. The molecular weight excluding hydrogens is 1130 g/mol. The van der Waals surface area contributed by atoms with Crippen LogP contribution in [0.2, 0.25) is 0 Å². The van der Waals surface area contributed by atoms with Crippen LogP contribution in [0, 0.1) is 18.7 Å². The number of fused-ring (bicyclic) bond motifs is 5. The van der Waals surface area contributed by atoms with Gasteiger partial charge in [0, 0.05) is 78.3 Å². The quantitative estimate of drug-likeness (QED) is 0.0251. The fourth-order valence-corrected chi connectivity index (χ4v) is 10.7. The highest BCUT2D eigenvalue weighted by Crippen LogP contribution is 2.46. The normalized spacial score (nSPS) is 16.5. The van der Waals surface area contributed by atoms with Crippen molar-refractivity contribution in [3.8, 4) is 11.4 Å². The van der Waals surface area contributed by atoms with Gasteiger partial charge in [0.2, 0.25) is 23.6 Å². The van der Waals surface area contributed by atoms with Gasteiger partial charge in [-0.3, -0.25) is 38.4 Å². The first kappa shape index (κ1) is 64.7. The standard InChI is InChI=1S/C58H72FN11O16/c1-6-58(83)37-23-43-49-35(25-70(43)54(79)36(37)27-85-55(58)80)47-39(12-11-33-30(5)38(59)24-42(66-49)46(33)47)68-57(82)86-26-31-9-10-32(22-34(31)50(75)62-19-17-60)64-51(76)40(8-7-18-63-56(61)81)67-53(78)48(28(2)3)69-52(77)41(13-14-45(73)74)65-44(72)16-21-84-20-15-29(4)71/h9-10,22-24,28,39-41,48,83H,6-8,11-21,25-27,60H2,1-5H3,(H,62,75)(H,64,76)(H,65,72)(H,67,78)(H,68,82)(H,69,77)(H,73,74)(H3,61,63,81)/t39-,40-,41-,48-,58-/m0/s1. The Morgan fingerprint density at radius 1 is 0.907 bits per heavy atom. The highest BCUT2D eigenvalue weighted by Gasteiger charge is 2.46. The summed E-state index contributed by atoms with van der Waals surface area (Å²) in [5.41, 5.74) is 11.7. The number of primary amides is 1. The van der Waals surface area contributed by atoms with Gasteiger partial charge in [0.1, 0.15) is 42.9 Å². The number of aliphatic carboxylic acids is 1. The third kappa shape index (κ3) is 15.0. The van der Waals surface area contributed by atoms with Crippen molar-refractivity contribution >= 4 is 76.0 Å². The van der Waals surface area contributed by atoms with Crippen LogP contribution in [-0.4, -0.2) is 130 Å². The predicted octanol–water partition coefficient (Wildman–Crippen LogP) is 1.88. The van der Waals surface area contributed by atoms with Crippen molar-refractivity contribution in [1.29, 1.82) is 0 Å². The van der Waals surface area contributed by atoms with Gasteiger partial charge in [0.05, 0.1) is 48.3 Å². The fraction of sp³-hybridized carbons (Fsp3) is 0.483. The average molecular weight is 1200 g/mol. The maximum atomic E-state index is 15.6. The number of ether oxygens (including phenoxy) is 3. The Balaban J connectivity index is 1.09. The summed E-state index contributed by atoms with van der Waals surface area (Å²) < 4.78 is 33.3. The van der Waals surface area contributed by atoms with E-state index in [9.17, 15) is 63.0 Å². The molecule has 4 heterocycles. The zero-order valence-electron chi connectivity index (χ0n) is 48.3. The molecule has 2 aromatic carbocycles. The number of benzene rings is 2. The Morgan fingerprint density at radius 2 is 1.64 bits per heavy atom. The number of nitrogens with two attached hydrogens (primary N) is 2. The predicted molar refractivity (Wildman–Crippen MR) is 305 cm³/mol. The van der Waals surface area contributed by atoms with E-state index < -0.39 is 114 Å². The molecule has 3 aliphatic rings. The van der Waals surface area contributed by atoms with Crippen LogP contribution in [0.5, 0.6) is 0 Å². The minimum Gasteiger partial charge on any atom is -0.481 e. The molecule has 462 valence electrons. The third-order valence-electron chi connectivity index (χ3n) is 15.3. The van der Waals surface area contributed by atoms with Gasteiger partial charge in [0.15, 0.2) is 5.60 Å². The summed E-state index contributed by atoms with van der Waals surface area (Å²) in [7, 11) is 0. The lowest BCUT2D eigenvalue weighted by atomic mass is 9.81. The first-order valence-corrected chi connectivity index (χ1v) is 28.3. The number of pyridine rings is 2. The number of carbonyl (C=O) groups is 10. The number of esters is 1. The largest absolute Gasteiger partial charge is 0.481 e. The molecule has 13 N–H and O–H groups in total. The molecule has 28 heteroatoms. The fourth-order valence-electron chi connectivity index (χ4n) is 10.7. The number of alkyl carbamates (subject to hydrolysis) is 1. The lowest BCUT2D eigenvalue weighted by molar-refractivity contribution is -0.172. The lowest BCUT2D eigenvalue weighted by Gasteiger charge is -2.31.